The lowest BCUT2D eigenvalue weighted by Gasteiger charge is -2.09. The molecule has 5 heteroatoms. The van der Waals surface area contributed by atoms with Crippen LogP contribution in [0.2, 0.25) is 0 Å². The first-order valence-corrected chi connectivity index (χ1v) is 5.46. The molecule has 2 heterocycles. The highest BCUT2D eigenvalue weighted by Gasteiger charge is 2.11. The summed E-state index contributed by atoms with van der Waals surface area (Å²) in [5.74, 6) is 0. The maximum Gasteiger partial charge on any atom is 0.101 e. The van der Waals surface area contributed by atoms with Crippen LogP contribution < -0.4 is 5.73 Å². The Hall–Kier alpha value is -1.46. The van der Waals surface area contributed by atoms with Gasteiger partial charge < -0.3 is 10.8 Å². The van der Waals surface area contributed by atoms with Gasteiger partial charge in [0.05, 0.1) is 11.2 Å². The van der Waals surface area contributed by atoms with Crippen molar-refractivity contribution in [2.24, 2.45) is 0 Å². The normalized spacial score (nSPS) is 12.6. The minimum Gasteiger partial charge on any atom is -0.398 e. The minimum absolute atomic E-state index is 0.448. The fraction of sp³-hybridized carbons (Fsp3) is 0.200. The first-order chi connectivity index (χ1) is 7.27. The molecule has 0 saturated heterocycles. The monoisotopic (exact) mass is 221 g/mol. The van der Waals surface area contributed by atoms with Crippen LogP contribution in [0.4, 0.5) is 5.69 Å². The quantitative estimate of drug-likeness (QED) is 0.821. The molecule has 0 aromatic carbocycles. The Morgan fingerprint density at radius 2 is 2.40 bits per heavy atom. The molecule has 1 atom stereocenters. The van der Waals surface area contributed by atoms with Crippen molar-refractivity contribution in [3.05, 3.63) is 40.6 Å². The summed E-state index contributed by atoms with van der Waals surface area (Å²) in [6.45, 7) is 0. The third kappa shape index (κ3) is 2.31. The molecular formula is C10H11N3OS. The van der Waals surface area contributed by atoms with E-state index < -0.39 is 6.10 Å². The van der Waals surface area contributed by atoms with Gasteiger partial charge in [0.2, 0.25) is 0 Å². The van der Waals surface area contributed by atoms with Crippen molar-refractivity contribution in [1.82, 2.24) is 9.97 Å². The Bertz CT molecular complexity index is 430. The molecule has 0 amide bonds. The largest absolute Gasteiger partial charge is 0.398 e. The van der Waals surface area contributed by atoms with Gasteiger partial charge in [-0.25, -0.2) is 4.98 Å². The lowest BCUT2D eigenvalue weighted by molar-refractivity contribution is 0.174. The van der Waals surface area contributed by atoms with E-state index in [1.165, 1.54) is 11.3 Å². The number of thiazole rings is 1. The molecule has 4 nitrogen and oxygen atoms in total. The van der Waals surface area contributed by atoms with Gasteiger partial charge in [-0.2, -0.15) is 0 Å². The first-order valence-electron chi connectivity index (χ1n) is 4.52. The average Bonchev–Trinajstić information content (AvgIpc) is 2.74. The van der Waals surface area contributed by atoms with Crippen LogP contribution in [0.1, 0.15) is 17.4 Å². The summed E-state index contributed by atoms with van der Waals surface area (Å²) in [6, 6.07) is 1.73. The molecule has 0 aliphatic rings. The number of aromatic nitrogens is 2. The maximum absolute atomic E-state index is 9.85. The van der Waals surface area contributed by atoms with E-state index in [2.05, 4.69) is 9.97 Å². The molecule has 0 saturated carbocycles. The highest BCUT2D eigenvalue weighted by atomic mass is 32.1. The Morgan fingerprint density at radius 1 is 1.53 bits per heavy atom. The molecule has 2 aromatic heterocycles. The molecule has 0 radical (unpaired) electrons. The van der Waals surface area contributed by atoms with E-state index in [9.17, 15) is 5.11 Å². The standard InChI is InChI=1S/C10H11N3OS/c11-8-1-2-12-4-7(8)3-10(14)9-5-15-6-13-9/h1-2,4-6,10,14H,3H2,(H2,11,12). The molecule has 0 aliphatic heterocycles. The predicted octanol–water partition coefficient (Wildman–Crippen LogP) is 1.40. The molecule has 0 spiro atoms. The lowest BCUT2D eigenvalue weighted by atomic mass is 10.1. The van der Waals surface area contributed by atoms with Crippen molar-refractivity contribution < 1.29 is 5.11 Å². The van der Waals surface area contributed by atoms with Gasteiger partial charge in [-0.3, -0.25) is 4.98 Å². The number of nitrogen functional groups attached to an aromatic ring is 1. The fourth-order valence-electron chi connectivity index (χ4n) is 1.31. The summed E-state index contributed by atoms with van der Waals surface area (Å²) in [7, 11) is 0. The van der Waals surface area contributed by atoms with E-state index in [1.807, 2.05) is 5.38 Å². The molecule has 1 unspecified atom stereocenters. The number of hydrogen-bond donors (Lipinski definition) is 2. The van der Waals surface area contributed by atoms with Gasteiger partial charge in [-0.1, -0.05) is 0 Å². The number of rotatable bonds is 3. The molecule has 78 valence electrons. The molecule has 3 N–H and O–H groups in total. The average molecular weight is 221 g/mol. The van der Waals surface area contributed by atoms with Crippen molar-refractivity contribution in [3.8, 4) is 0 Å². The smallest absolute Gasteiger partial charge is 0.101 e. The van der Waals surface area contributed by atoms with Crippen LogP contribution in [0.5, 0.6) is 0 Å². The zero-order chi connectivity index (χ0) is 10.7. The molecule has 0 aliphatic carbocycles. The van der Waals surface area contributed by atoms with Crippen LogP contribution in [-0.2, 0) is 6.42 Å². The zero-order valence-corrected chi connectivity index (χ0v) is 8.81. The van der Waals surface area contributed by atoms with Crippen LogP contribution in [0.15, 0.2) is 29.4 Å². The van der Waals surface area contributed by atoms with Crippen LogP contribution in [0.3, 0.4) is 0 Å². The molecule has 2 aromatic rings. The summed E-state index contributed by atoms with van der Waals surface area (Å²) in [5, 5.41) is 11.7. The highest BCUT2D eigenvalue weighted by molar-refractivity contribution is 7.07. The van der Waals surface area contributed by atoms with Gasteiger partial charge in [0.1, 0.15) is 6.10 Å². The number of aliphatic hydroxyl groups excluding tert-OH is 1. The van der Waals surface area contributed by atoms with Crippen molar-refractivity contribution >= 4 is 17.0 Å². The Balaban J connectivity index is 2.13. The second-order valence-electron chi connectivity index (χ2n) is 3.21. The Kier molecular flexibility index (Phi) is 2.94. The number of nitrogens with zero attached hydrogens (tertiary/aromatic N) is 2. The zero-order valence-electron chi connectivity index (χ0n) is 8.00. The summed E-state index contributed by atoms with van der Waals surface area (Å²) in [5.41, 5.74) is 9.63. The predicted molar refractivity (Wildman–Crippen MR) is 59.4 cm³/mol. The number of nitrogens with two attached hydrogens (primary N) is 1. The molecule has 0 bridgehead atoms. The topological polar surface area (TPSA) is 72.0 Å². The Labute approximate surface area is 91.4 Å². The van der Waals surface area contributed by atoms with E-state index >= 15 is 0 Å². The third-order valence-electron chi connectivity index (χ3n) is 2.15. The molecular weight excluding hydrogens is 210 g/mol. The van der Waals surface area contributed by atoms with Gasteiger partial charge >= 0.3 is 0 Å². The van der Waals surface area contributed by atoms with Gasteiger partial charge in [0.25, 0.3) is 0 Å². The molecule has 15 heavy (non-hydrogen) atoms. The lowest BCUT2D eigenvalue weighted by Crippen LogP contribution is -2.04. The number of aliphatic hydroxyl groups is 1. The van der Waals surface area contributed by atoms with Crippen molar-refractivity contribution in [2.75, 3.05) is 5.73 Å². The van der Waals surface area contributed by atoms with Crippen LogP contribution >= 0.6 is 11.3 Å². The maximum atomic E-state index is 9.85. The van der Waals surface area contributed by atoms with Gasteiger partial charge in [-0.15, -0.1) is 11.3 Å². The molecule has 0 fully saturated rings. The van der Waals surface area contributed by atoms with E-state index in [1.54, 1.807) is 24.0 Å². The second kappa shape index (κ2) is 4.37. The minimum atomic E-state index is -0.609. The number of anilines is 1. The number of hydrogen-bond acceptors (Lipinski definition) is 5. The van der Waals surface area contributed by atoms with E-state index in [0.29, 0.717) is 17.8 Å². The highest BCUT2D eigenvalue weighted by Crippen LogP contribution is 2.20. The summed E-state index contributed by atoms with van der Waals surface area (Å²) >= 11 is 1.46. The first kappa shape index (κ1) is 10.1. The summed E-state index contributed by atoms with van der Waals surface area (Å²) < 4.78 is 0. The number of pyridine rings is 1. The van der Waals surface area contributed by atoms with Crippen molar-refractivity contribution in [3.63, 3.8) is 0 Å². The van der Waals surface area contributed by atoms with Gasteiger partial charge in [0.15, 0.2) is 0 Å². The van der Waals surface area contributed by atoms with E-state index in [0.717, 1.165) is 5.56 Å². The van der Waals surface area contributed by atoms with Crippen molar-refractivity contribution in [1.29, 1.82) is 0 Å². The summed E-state index contributed by atoms with van der Waals surface area (Å²) in [4.78, 5) is 8.02. The van der Waals surface area contributed by atoms with Gasteiger partial charge in [-0.05, 0) is 11.6 Å². The van der Waals surface area contributed by atoms with Crippen LogP contribution in [0, 0.1) is 0 Å². The van der Waals surface area contributed by atoms with Crippen molar-refractivity contribution in [2.45, 2.75) is 12.5 Å². The Morgan fingerprint density at radius 3 is 3.07 bits per heavy atom. The van der Waals surface area contributed by atoms with Crippen LogP contribution in [-0.4, -0.2) is 15.1 Å². The second-order valence-corrected chi connectivity index (χ2v) is 3.93. The third-order valence-corrected chi connectivity index (χ3v) is 2.75. The van der Waals surface area contributed by atoms with Gasteiger partial charge in [0, 0.05) is 29.9 Å². The molecule has 2 rings (SSSR count). The summed E-state index contributed by atoms with van der Waals surface area (Å²) in [6.07, 6.45) is 3.14. The van der Waals surface area contributed by atoms with E-state index in [-0.39, 0.29) is 0 Å². The van der Waals surface area contributed by atoms with Crippen LogP contribution in [0.25, 0.3) is 0 Å². The fourth-order valence-corrected chi connectivity index (χ4v) is 1.91. The van der Waals surface area contributed by atoms with E-state index in [4.69, 9.17) is 5.73 Å². The SMILES string of the molecule is Nc1ccncc1CC(O)c1cscn1.